The van der Waals surface area contributed by atoms with Gasteiger partial charge in [-0.2, -0.15) is 0 Å². The van der Waals surface area contributed by atoms with E-state index in [1.165, 1.54) is 0 Å². The summed E-state index contributed by atoms with van der Waals surface area (Å²) in [4.78, 5) is 51.2. The van der Waals surface area contributed by atoms with E-state index in [4.69, 9.17) is 34.4 Å². The van der Waals surface area contributed by atoms with Crippen molar-refractivity contribution in [3.05, 3.63) is 366 Å². The number of hydrogen-bond donors (Lipinski definition) is 6. The van der Waals surface area contributed by atoms with Crippen LogP contribution >= 0.6 is 0 Å². The minimum atomic E-state index is 0. The van der Waals surface area contributed by atoms with Crippen molar-refractivity contribution in [3.63, 3.8) is 0 Å². The zero-order valence-electron chi connectivity index (χ0n) is 57.2. The Hall–Kier alpha value is -10.9. The molecule has 0 bridgehead atoms. The molecule has 0 amide bonds. The van der Waals surface area contributed by atoms with Gasteiger partial charge in [-0.3, -0.25) is 59.8 Å². The van der Waals surface area contributed by atoms with Gasteiger partial charge in [0, 0.05) is 213 Å². The normalized spacial score (nSPS) is 9.71. The number of nitrogens with two attached hydrogens (primary N) is 6. The average Bonchev–Trinajstić information content (AvgIpc) is 0.809. The average molecular weight is 1750 g/mol. The summed E-state index contributed by atoms with van der Waals surface area (Å²) in [6.45, 7) is 0. The Labute approximate surface area is 692 Å². The van der Waals surface area contributed by atoms with Gasteiger partial charge >= 0.3 is 0 Å². The zero-order chi connectivity index (χ0) is 70.8. The summed E-state index contributed by atoms with van der Waals surface area (Å²) >= 11 is 0. The van der Waals surface area contributed by atoms with Crippen LogP contribution in [0, 0.1) is 107 Å². The molecule has 6 aromatic carbocycles. The SMILES string of the molecule is Nc1ccccc1N.Nc1ccccc1N.Nc1ccccc1N.[La].[La].[La].c1ccc(-c2ccccn2)nc1.c1ccc(-c2ccccn2)nc1.c1ccc(-c2ccccn2)nc1.c1cnc2c(c1)ccc1cccnc12.c1cnc2c(c1)ccc1cccnc12.c1cnc2c(c1)ccc1cccnc12. The number of nitrogens with zero attached hydrogens (tertiary/aromatic N) is 12. The molecule has 0 aliphatic rings. The van der Waals surface area contributed by atoms with Crippen LogP contribution in [0.5, 0.6) is 0 Å². The third-order valence-electron chi connectivity index (χ3n) is 14.8. The Morgan fingerprint density at radius 1 is 0.133 bits per heavy atom. The summed E-state index contributed by atoms with van der Waals surface area (Å²) in [6, 6.07) is 93.0. The van der Waals surface area contributed by atoms with Crippen LogP contribution in [0.1, 0.15) is 0 Å². The van der Waals surface area contributed by atoms with E-state index in [-0.39, 0.29) is 107 Å². The van der Waals surface area contributed by atoms with E-state index in [9.17, 15) is 0 Å². The summed E-state index contributed by atoms with van der Waals surface area (Å²) in [5.74, 6) is 0. The van der Waals surface area contributed by atoms with Crippen molar-refractivity contribution >= 4 is 99.5 Å². The first-order valence-electron chi connectivity index (χ1n) is 32.2. The summed E-state index contributed by atoms with van der Waals surface area (Å²) in [6.07, 6.45) is 21.4. The Balaban J connectivity index is 0.000000166. The quantitative estimate of drug-likeness (QED) is 0.0707. The van der Waals surface area contributed by atoms with Crippen molar-refractivity contribution in [1.29, 1.82) is 0 Å². The summed E-state index contributed by atoms with van der Waals surface area (Å²) in [5.41, 5.74) is 47.6. The number of benzene rings is 6. The topological polar surface area (TPSA) is 311 Å². The Morgan fingerprint density at radius 2 is 0.267 bits per heavy atom. The Kier molecular flexibility index (Phi) is 34.5. The van der Waals surface area contributed by atoms with E-state index in [0.717, 1.165) is 99.6 Å². The molecule has 18 rings (SSSR count). The van der Waals surface area contributed by atoms with E-state index in [0.29, 0.717) is 34.1 Å². The molecular weight excluding hydrogens is 1680 g/mol. The molecule has 0 aliphatic carbocycles. The van der Waals surface area contributed by atoms with Gasteiger partial charge < -0.3 is 34.4 Å². The van der Waals surface area contributed by atoms with E-state index in [2.05, 4.69) is 133 Å². The maximum Gasteiger partial charge on any atom is 0.0964 e. The van der Waals surface area contributed by atoms with Crippen LogP contribution in [0.25, 0.3) is 99.6 Å². The minimum Gasteiger partial charge on any atom is -0.397 e. The van der Waals surface area contributed by atoms with Gasteiger partial charge in [-0.05, 0) is 146 Å². The molecular formula is C84H72La3N18. The third kappa shape index (κ3) is 25.2. The second-order valence-corrected chi connectivity index (χ2v) is 21.8. The number of anilines is 6. The van der Waals surface area contributed by atoms with Crippen molar-refractivity contribution in [2.45, 2.75) is 0 Å². The predicted molar refractivity (Wildman–Crippen MR) is 419 cm³/mol. The largest absolute Gasteiger partial charge is 0.397 e. The van der Waals surface area contributed by atoms with E-state index in [1.807, 2.05) is 182 Å². The number of pyridine rings is 12. The monoisotopic (exact) mass is 1750 g/mol. The summed E-state index contributed by atoms with van der Waals surface area (Å²) in [5, 5.41) is 6.83. The third-order valence-corrected chi connectivity index (χ3v) is 14.8. The molecule has 507 valence electrons. The molecule has 0 saturated heterocycles. The van der Waals surface area contributed by atoms with E-state index < -0.39 is 0 Å². The number of rotatable bonds is 3. The molecule has 0 unspecified atom stereocenters. The molecule has 105 heavy (non-hydrogen) atoms. The molecule has 18 aromatic rings. The van der Waals surface area contributed by atoms with Crippen molar-refractivity contribution in [1.82, 2.24) is 59.8 Å². The zero-order valence-corrected chi connectivity index (χ0v) is 68.1. The Morgan fingerprint density at radius 3 is 0.390 bits per heavy atom. The van der Waals surface area contributed by atoms with Crippen LogP contribution in [0.15, 0.2) is 366 Å². The maximum absolute atomic E-state index is 5.39. The van der Waals surface area contributed by atoms with Gasteiger partial charge in [0.25, 0.3) is 0 Å². The minimum absolute atomic E-state index is 0. The fraction of sp³-hybridized carbons (Fsp3) is 0. The van der Waals surface area contributed by atoms with Crippen LogP contribution < -0.4 is 34.4 Å². The molecule has 12 heterocycles. The van der Waals surface area contributed by atoms with E-state index in [1.54, 1.807) is 111 Å². The smallest absolute Gasteiger partial charge is 0.0964 e. The van der Waals surface area contributed by atoms with Gasteiger partial charge in [-0.1, -0.05) is 146 Å². The number of fused-ring (bicyclic) bond motifs is 9. The molecule has 12 aromatic heterocycles. The molecule has 0 atom stereocenters. The fourth-order valence-electron chi connectivity index (χ4n) is 9.66. The van der Waals surface area contributed by atoms with Crippen LogP contribution in [0.4, 0.5) is 34.1 Å². The van der Waals surface area contributed by atoms with E-state index >= 15 is 0 Å². The summed E-state index contributed by atoms with van der Waals surface area (Å²) < 4.78 is 0. The molecule has 3 radical (unpaired) electrons. The first kappa shape index (κ1) is 81.4. The van der Waals surface area contributed by atoms with Crippen LogP contribution in [-0.2, 0) is 0 Å². The van der Waals surface area contributed by atoms with Crippen molar-refractivity contribution < 1.29 is 107 Å². The van der Waals surface area contributed by atoms with Crippen molar-refractivity contribution in [2.24, 2.45) is 0 Å². The van der Waals surface area contributed by atoms with Gasteiger partial charge in [0.1, 0.15) is 0 Å². The van der Waals surface area contributed by atoms with Crippen molar-refractivity contribution in [3.8, 4) is 34.2 Å². The molecule has 0 saturated carbocycles. The molecule has 0 fully saturated rings. The second kappa shape index (κ2) is 44.5. The van der Waals surface area contributed by atoms with Crippen molar-refractivity contribution in [2.75, 3.05) is 34.4 Å². The Bertz CT molecular complexity index is 4640. The molecule has 0 spiro atoms. The number of para-hydroxylation sites is 6. The fourth-order valence-corrected chi connectivity index (χ4v) is 9.66. The van der Waals surface area contributed by atoms with Crippen LogP contribution in [0.2, 0.25) is 0 Å². The van der Waals surface area contributed by atoms with Crippen LogP contribution in [-0.4, -0.2) is 59.8 Å². The van der Waals surface area contributed by atoms with Gasteiger partial charge in [0.05, 0.1) is 101 Å². The molecule has 12 N–H and O–H groups in total. The number of nitrogen functional groups attached to an aromatic ring is 6. The van der Waals surface area contributed by atoms with Gasteiger partial charge in [0.15, 0.2) is 0 Å². The second-order valence-electron chi connectivity index (χ2n) is 21.8. The number of hydrogen-bond acceptors (Lipinski definition) is 18. The van der Waals surface area contributed by atoms with Gasteiger partial charge in [-0.15, -0.1) is 0 Å². The molecule has 18 nitrogen and oxygen atoms in total. The standard InChI is InChI=1S/3C12H8N2.3C10H8N2.3C6H8N2.3La/c3*1-3-9-5-6-10-4-2-8-14-12(10)11(9)13-7-1;3*1-3-7-11-9(5-1)10-6-2-4-8-12-10;3*7-5-3-1-2-4-6(5)8;;;/h3*1-8H;3*1-8H;3*1-4H,7-8H2;;;. The number of aromatic nitrogens is 12. The predicted octanol–water partition coefficient (Wildman–Crippen LogP) is 17.3. The van der Waals surface area contributed by atoms with Gasteiger partial charge in [0.2, 0.25) is 0 Å². The first-order valence-corrected chi connectivity index (χ1v) is 32.2. The first-order chi connectivity index (χ1) is 50.2. The van der Waals surface area contributed by atoms with Crippen LogP contribution in [0.3, 0.4) is 0 Å². The molecule has 21 heteroatoms. The van der Waals surface area contributed by atoms with Gasteiger partial charge in [-0.25, -0.2) is 0 Å². The molecule has 0 aliphatic heterocycles. The summed E-state index contributed by atoms with van der Waals surface area (Å²) in [7, 11) is 0. The maximum atomic E-state index is 5.39.